The fourth-order valence-electron chi connectivity index (χ4n) is 1.81. The number of nitrogen functional groups attached to an aromatic ring is 1. The average molecular weight is 282 g/mol. The molecule has 0 aliphatic heterocycles. The molecule has 0 unspecified atom stereocenters. The summed E-state index contributed by atoms with van der Waals surface area (Å²) >= 11 is 12.1. The Morgan fingerprint density at radius 3 is 2.50 bits per heavy atom. The highest BCUT2D eigenvalue weighted by molar-refractivity contribution is 6.39. The second kappa shape index (κ2) is 4.75. The van der Waals surface area contributed by atoms with Gasteiger partial charge in [0, 0.05) is 21.7 Å². The number of nitrogens with one attached hydrogen (secondary N) is 1. The number of nitrogens with zero attached hydrogens (tertiary/aromatic N) is 1. The number of amidine groups is 1. The van der Waals surface area contributed by atoms with E-state index in [1.165, 1.54) is 0 Å². The molecule has 3 nitrogen and oxygen atoms in total. The SMILES string of the molecule is CC(C)c1cc(C(=N)N)c2c(Cl)cc(Cl)cc2n1. The van der Waals surface area contributed by atoms with Crippen LogP contribution in [-0.4, -0.2) is 10.8 Å². The molecule has 1 aromatic heterocycles. The molecule has 0 saturated heterocycles. The zero-order valence-corrected chi connectivity index (χ0v) is 11.6. The summed E-state index contributed by atoms with van der Waals surface area (Å²) in [5.74, 6) is 0.221. The van der Waals surface area contributed by atoms with Crippen LogP contribution in [0.15, 0.2) is 18.2 Å². The summed E-state index contributed by atoms with van der Waals surface area (Å²) in [4.78, 5) is 4.52. The zero-order valence-electron chi connectivity index (χ0n) is 10.1. The van der Waals surface area contributed by atoms with Crippen molar-refractivity contribution < 1.29 is 0 Å². The van der Waals surface area contributed by atoms with Gasteiger partial charge in [0.1, 0.15) is 5.84 Å². The van der Waals surface area contributed by atoms with E-state index in [1.807, 2.05) is 19.9 Å². The Labute approximate surface area is 115 Å². The molecule has 0 fully saturated rings. The maximum absolute atomic E-state index is 7.66. The maximum Gasteiger partial charge on any atom is 0.123 e. The molecule has 5 heteroatoms. The molecule has 0 aliphatic rings. The number of aromatic nitrogens is 1. The quantitative estimate of drug-likeness (QED) is 0.647. The number of rotatable bonds is 2. The Balaban J connectivity index is 2.90. The van der Waals surface area contributed by atoms with Gasteiger partial charge in [0.05, 0.1) is 10.5 Å². The van der Waals surface area contributed by atoms with Crippen LogP contribution in [0.1, 0.15) is 31.0 Å². The predicted octanol–water partition coefficient (Wildman–Crippen LogP) is 3.95. The number of hydrogen-bond acceptors (Lipinski definition) is 2. The van der Waals surface area contributed by atoms with Gasteiger partial charge in [-0.1, -0.05) is 37.0 Å². The Hall–Kier alpha value is -1.32. The van der Waals surface area contributed by atoms with Gasteiger partial charge in [-0.3, -0.25) is 10.4 Å². The Kier molecular flexibility index (Phi) is 3.46. The van der Waals surface area contributed by atoms with Crippen LogP contribution in [0.5, 0.6) is 0 Å². The van der Waals surface area contributed by atoms with E-state index in [2.05, 4.69) is 4.98 Å². The van der Waals surface area contributed by atoms with Crippen LogP contribution >= 0.6 is 23.2 Å². The van der Waals surface area contributed by atoms with E-state index < -0.39 is 0 Å². The minimum atomic E-state index is -0.0199. The third-order valence-electron chi connectivity index (χ3n) is 2.73. The molecular weight excluding hydrogens is 269 g/mol. The van der Waals surface area contributed by atoms with Crippen molar-refractivity contribution >= 4 is 39.9 Å². The van der Waals surface area contributed by atoms with Crippen molar-refractivity contribution in [2.24, 2.45) is 5.73 Å². The molecule has 94 valence electrons. The van der Waals surface area contributed by atoms with E-state index in [-0.39, 0.29) is 11.8 Å². The summed E-state index contributed by atoms with van der Waals surface area (Å²) in [5.41, 5.74) is 7.76. The van der Waals surface area contributed by atoms with Gasteiger partial charge in [0.25, 0.3) is 0 Å². The lowest BCUT2D eigenvalue weighted by Gasteiger charge is -2.12. The van der Waals surface area contributed by atoms with Crippen LogP contribution in [0, 0.1) is 5.41 Å². The molecule has 2 aromatic rings. The molecule has 0 amide bonds. The fraction of sp³-hybridized carbons (Fsp3) is 0.231. The van der Waals surface area contributed by atoms with E-state index in [0.29, 0.717) is 26.5 Å². The smallest absolute Gasteiger partial charge is 0.123 e. The average Bonchev–Trinajstić information content (AvgIpc) is 2.26. The second-order valence-electron chi connectivity index (χ2n) is 4.44. The Morgan fingerprint density at radius 1 is 1.28 bits per heavy atom. The number of hydrogen-bond donors (Lipinski definition) is 2. The number of pyridine rings is 1. The van der Waals surface area contributed by atoms with Gasteiger partial charge in [-0.15, -0.1) is 0 Å². The molecular formula is C13H13Cl2N3. The van der Waals surface area contributed by atoms with Gasteiger partial charge in [0.2, 0.25) is 0 Å². The van der Waals surface area contributed by atoms with Crippen LogP contribution < -0.4 is 5.73 Å². The van der Waals surface area contributed by atoms with Crippen LogP contribution in [0.25, 0.3) is 10.9 Å². The summed E-state index contributed by atoms with van der Waals surface area (Å²) in [5, 5.41) is 9.33. The fourth-order valence-corrected chi connectivity index (χ4v) is 2.40. The summed E-state index contributed by atoms with van der Waals surface area (Å²) in [6, 6.07) is 5.19. The van der Waals surface area contributed by atoms with E-state index >= 15 is 0 Å². The minimum Gasteiger partial charge on any atom is -0.384 e. The first-order valence-corrected chi connectivity index (χ1v) is 6.30. The van der Waals surface area contributed by atoms with E-state index in [0.717, 1.165) is 5.69 Å². The molecule has 2 rings (SSSR count). The lowest BCUT2D eigenvalue weighted by Crippen LogP contribution is -2.13. The summed E-state index contributed by atoms with van der Waals surface area (Å²) in [6.45, 7) is 4.06. The van der Waals surface area contributed by atoms with Crippen molar-refractivity contribution in [1.29, 1.82) is 5.41 Å². The zero-order chi connectivity index (χ0) is 13.4. The maximum atomic E-state index is 7.66. The van der Waals surface area contributed by atoms with Gasteiger partial charge in [0.15, 0.2) is 0 Å². The number of halogens is 2. The number of nitrogens with two attached hydrogens (primary N) is 1. The molecule has 0 radical (unpaired) electrons. The molecule has 3 N–H and O–H groups in total. The van der Waals surface area contributed by atoms with Gasteiger partial charge in [-0.25, -0.2) is 0 Å². The Morgan fingerprint density at radius 2 is 1.94 bits per heavy atom. The van der Waals surface area contributed by atoms with Crippen molar-refractivity contribution in [3.8, 4) is 0 Å². The third kappa shape index (κ3) is 2.28. The van der Waals surface area contributed by atoms with Crippen molar-refractivity contribution in [3.63, 3.8) is 0 Å². The van der Waals surface area contributed by atoms with Crippen molar-refractivity contribution in [2.45, 2.75) is 19.8 Å². The summed E-state index contributed by atoms with van der Waals surface area (Å²) in [7, 11) is 0. The highest BCUT2D eigenvalue weighted by Gasteiger charge is 2.13. The first kappa shape index (κ1) is 13.1. The molecule has 1 heterocycles. The molecule has 0 atom stereocenters. The van der Waals surface area contributed by atoms with Gasteiger partial charge < -0.3 is 5.73 Å². The van der Waals surface area contributed by atoms with E-state index in [4.69, 9.17) is 34.3 Å². The lowest BCUT2D eigenvalue weighted by molar-refractivity contribution is 0.829. The van der Waals surface area contributed by atoms with Crippen LogP contribution in [0.2, 0.25) is 10.0 Å². The summed E-state index contributed by atoms with van der Waals surface area (Å²) in [6.07, 6.45) is 0. The lowest BCUT2D eigenvalue weighted by atomic mass is 10.0. The van der Waals surface area contributed by atoms with Gasteiger partial charge in [-0.2, -0.15) is 0 Å². The van der Waals surface area contributed by atoms with Crippen LogP contribution in [-0.2, 0) is 0 Å². The normalized spacial score (nSPS) is 11.2. The highest BCUT2D eigenvalue weighted by Crippen LogP contribution is 2.31. The first-order valence-electron chi connectivity index (χ1n) is 5.54. The van der Waals surface area contributed by atoms with Gasteiger partial charge >= 0.3 is 0 Å². The topological polar surface area (TPSA) is 62.8 Å². The van der Waals surface area contributed by atoms with Crippen molar-refractivity contribution in [3.05, 3.63) is 39.5 Å². The van der Waals surface area contributed by atoms with Crippen LogP contribution in [0.3, 0.4) is 0 Å². The molecule has 0 saturated carbocycles. The van der Waals surface area contributed by atoms with E-state index in [1.54, 1.807) is 12.1 Å². The van der Waals surface area contributed by atoms with Crippen LogP contribution in [0.4, 0.5) is 0 Å². The van der Waals surface area contributed by atoms with Gasteiger partial charge in [-0.05, 0) is 24.1 Å². The monoisotopic (exact) mass is 281 g/mol. The van der Waals surface area contributed by atoms with E-state index in [9.17, 15) is 0 Å². The number of fused-ring (bicyclic) bond motifs is 1. The number of benzene rings is 1. The molecule has 0 bridgehead atoms. The minimum absolute atomic E-state index is 0.0199. The Bertz CT molecular complexity index is 636. The largest absolute Gasteiger partial charge is 0.384 e. The van der Waals surface area contributed by atoms with Crippen molar-refractivity contribution in [1.82, 2.24) is 4.98 Å². The second-order valence-corrected chi connectivity index (χ2v) is 5.29. The summed E-state index contributed by atoms with van der Waals surface area (Å²) < 4.78 is 0. The molecule has 0 aliphatic carbocycles. The first-order chi connectivity index (χ1) is 8.40. The third-order valence-corrected chi connectivity index (χ3v) is 3.24. The predicted molar refractivity (Wildman–Crippen MR) is 76.9 cm³/mol. The molecule has 18 heavy (non-hydrogen) atoms. The standard InChI is InChI=1S/C13H13Cl2N3/c1-6(2)10-5-8(13(16)17)12-9(15)3-7(14)4-11(12)18-10/h3-6H,1-2H3,(H3,16,17). The molecule has 1 aromatic carbocycles. The van der Waals surface area contributed by atoms with Crippen molar-refractivity contribution in [2.75, 3.05) is 0 Å². The molecule has 0 spiro atoms. The highest BCUT2D eigenvalue weighted by atomic mass is 35.5.